The van der Waals surface area contributed by atoms with Crippen molar-refractivity contribution >= 4 is 0 Å². The zero-order valence-electron chi connectivity index (χ0n) is 9.20. The van der Waals surface area contributed by atoms with E-state index in [4.69, 9.17) is 0 Å². The Labute approximate surface area is 77.1 Å². The quantitative estimate of drug-likeness (QED) is 0.513. The summed E-state index contributed by atoms with van der Waals surface area (Å²) in [7, 11) is 0. The van der Waals surface area contributed by atoms with E-state index < -0.39 is 0 Å². The van der Waals surface area contributed by atoms with E-state index in [-0.39, 0.29) is 0 Å². The molecule has 0 amide bonds. The van der Waals surface area contributed by atoms with Crippen LogP contribution in [0.25, 0.3) is 0 Å². The summed E-state index contributed by atoms with van der Waals surface area (Å²) in [5, 5.41) is 0. The normalized spacial score (nSPS) is 30.0. The van der Waals surface area contributed by atoms with Gasteiger partial charge in [0.15, 0.2) is 0 Å². The van der Waals surface area contributed by atoms with Crippen molar-refractivity contribution in [3.8, 4) is 0 Å². The lowest BCUT2D eigenvalue weighted by Gasteiger charge is -2.32. The molecule has 0 radical (unpaired) electrons. The molecule has 1 aliphatic carbocycles. The molecule has 0 spiro atoms. The van der Waals surface area contributed by atoms with Gasteiger partial charge < -0.3 is 0 Å². The Bertz CT molecular complexity index is 194. The van der Waals surface area contributed by atoms with Gasteiger partial charge in [0.1, 0.15) is 0 Å². The van der Waals surface area contributed by atoms with Gasteiger partial charge in [-0.1, -0.05) is 31.9 Å². The fourth-order valence-corrected chi connectivity index (χ4v) is 2.53. The van der Waals surface area contributed by atoms with E-state index in [9.17, 15) is 0 Å². The van der Waals surface area contributed by atoms with E-state index in [2.05, 4.69) is 34.6 Å². The van der Waals surface area contributed by atoms with Gasteiger partial charge >= 0.3 is 0 Å². The molecule has 12 heavy (non-hydrogen) atoms. The number of allylic oxidation sites excluding steroid dienone is 2. The second-order valence-electron chi connectivity index (χ2n) is 4.90. The molecule has 0 heteroatoms. The minimum atomic E-state index is 0.513. The van der Waals surface area contributed by atoms with E-state index in [0.29, 0.717) is 5.41 Å². The van der Waals surface area contributed by atoms with Gasteiger partial charge in [0, 0.05) is 0 Å². The summed E-state index contributed by atoms with van der Waals surface area (Å²) in [5.41, 5.74) is 3.81. The lowest BCUT2D eigenvalue weighted by atomic mass is 9.73. The molecule has 1 rings (SSSR count). The second-order valence-corrected chi connectivity index (χ2v) is 4.90. The third-order valence-corrected chi connectivity index (χ3v) is 3.69. The molecule has 0 bridgehead atoms. The first-order valence-corrected chi connectivity index (χ1v) is 5.15. The molecular formula is C12H22. The van der Waals surface area contributed by atoms with E-state index >= 15 is 0 Å². The summed E-state index contributed by atoms with van der Waals surface area (Å²) < 4.78 is 0. The van der Waals surface area contributed by atoms with Gasteiger partial charge in [-0.2, -0.15) is 0 Å². The average molecular weight is 166 g/mol. The van der Waals surface area contributed by atoms with E-state index in [1.807, 2.05) is 0 Å². The van der Waals surface area contributed by atoms with Crippen molar-refractivity contribution in [3.05, 3.63) is 11.1 Å². The Balaban J connectivity index is 2.98. The monoisotopic (exact) mass is 166 g/mol. The molecule has 1 saturated carbocycles. The van der Waals surface area contributed by atoms with Gasteiger partial charge in [0.05, 0.1) is 0 Å². The molecule has 0 aromatic carbocycles. The summed E-state index contributed by atoms with van der Waals surface area (Å²) in [4.78, 5) is 0. The van der Waals surface area contributed by atoms with Gasteiger partial charge in [-0.05, 0) is 44.4 Å². The van der Waals surface area contributed by atoms with Crippen LogP contribution in [0.15, 0.2) is 11.1 Å². The topological polar surface area (TPSA) is 0 Å². The number of hydrogen-bond donors (Lipinski definition) is 0. The maximum absolute atomic E-state index is 2.44. The van der Waals surface area contributed by atoms with Crippen molar-refractivity contribution in [1.82, 2.24) is 0 Å². The highest BCUT2D eigenvalue weighted by molar-refractivity contribution is 5.23. The first-order valence-electron chi connectivity index (χ1n) is 5.15. The van der Waals surface area contributed by atoms with Crippen molar-refractivity contribution < 1.29 is 0 Å². The minimum absolute atomic E-state index is 0.513. The predicted molar refractivity (Wildman–Crippen MR) is 55.2 cm³/mol. The molecule has 1 unspecified atom stereocenters. The molecule has 1 fully saturated rings. The molecule has 0 aromatic heterocycles. The SMILES string of the molecule is CC(C)=C1CCCC1(C)C(C)C. The molecule has 0 heterocycles. The fourth-order valence-electron chi connectivity index (χ4n) is 2.53. The van der Waals surface area contributed by atoms with Crippen LogP contribution in [0, 0.1) is 11.3 Å². The lowest BCUT2D eigenvalue weighted by Crippen LogP contribution is -2.21. The highest BCUT2D eigenvalue weighted by Crippen LogP contribution is 2.49. The largest absolute Gasteiger partial charge is 0.0767 e. The van der Waals surface area contributed by atoms with E-state index in [1.54, 1.807) is 11.1 Å². The summed E-state index contributed by atoms with van der Waals surface area (Å²) in [6.07, 6.45) is 4.14. The van der Waals surface area contributed by atoms with Crippen LogP contribution >= 0.6 is 0 Å². The van der Waals surface area contributed by atoms with E-state index in [1.165, 1.54) is 19.3 Å². The highest BCUT2D eigenvalue weighted by atomic mass is 14.4. The van der Waals surface area contributed by atoms with Crippen molar-refractivity contribution in [3.63, 3.8) is 0 Å². The second kappa shape index (κ2) is 3.24. The molecule has 0 saturated heterocycles. The third kappa shape index (κ3) is 1.44. The van der Waals surface area contributed by atoms with Gasteiger partial charge in [-0.3, -0.25) is 0 Å². The van der Waals surface area contributed by atoms with Crippen LogP contribution in [0.2, 0.25) is 0 Å². The van der Waals surface area contributed by atoms with Gasteiger partial charge in [-0.25, -0.2) is 0 Å². The van der Waals surface area contributed by atoms with Crippen LogP contribution in [0.5, 0.6) is 0 Å². The molecule has 0 aliphatic heterocycles. The Morgan fingerprint density at radius 3 is 2.25 bits per heavy atom. The smallest absolute Gasteiger partial charge is 0.00908 e. The molecule has 0 nitrogen and oxygen atoms in total. The molecule has 70 valence electrons. The summed E-state index contributed by atoms with van der Waals surface area (Å²) in [5.74, 6) is 0.796. The summed E-state index contributed by atoms with van der Waals surface area (Å²) in [6, 6.07) is 0. The van der Waals surface area contributed by atoms with Crippen LogP contribution in [0.4, 0.5) is 0 Å². The molecule has 0 aromatic rings. The average Bonchev–Trinajstić information content (AvgIpc) is 2.32. The van der Waals surface area contributed by atoms with Crippen molar-refractivity contribution in [1.29, 1.82) is 0 Å². The van der Waals surface area contributed by atoms with Crippen molar-refractivity contribution in [2.24, 2.45) is 11.3 Å². The zero-order chi connectivity index (χ0) is 9.35. The van der Waals surface area contributed by atoms with Crippen LogP contribution in [-0.4, -0.2) is 0 Å². The maximum Gasteiger partial charge on any atom is -0.00908 e. The zero-order valence-corrected chi connectivity index (χ0v) is 9.20. The fraction of sp³-hybridized carbons (Fsp3) is 0.833. The van der Waals surface area contributed by atoms with E-state index in [0.717, 1.165) is 5.92 Å². The maximum atomic E-state index is 2.44. The Kier molecular flexibility index (Phi) is 2.65. The van der Waals surface area contributed by atoms with Crippen LogP contribution in [-0.2, 0) is 0 Å². The van der Waals surface area contributed by atoms with Gasteiger partial charge in [0.2, 0.25) is 0 Å². The van der Waals surface area contributed by atoms with Gasteiger partial charge in [0.25, 0.3) is 0 Å². The van der Waals surface area contributed by atoms with Crippen LogP contribution in [0.1, 0.15) is 53.9 Å². The summed E-state index contributed by atoms with van der Waals surface area (Å²) in [6.45, 7) is 11.7. The minimum Gasteiger partial charge on any atom is -0.0767 e. The lowest BCUT2D eigenvalue weighted by molar-refractivity contribution is 0.283. The molecule has 1 atom stereocenters. The first kappa shape index (κ1) is 9.83. The van der Waals surface area contributed by atoms with Crippen molar-refractivity contribution in [2.45, 2.75) is 53.9 Å². The highest BCUT2D eigenvalue weighted by Gasteiger charge is 2.36. The number of hydrogen-bond acceptors (Lipinski definition) is 0. The van der Waals surface area contributed by atoms with Crippen molar-refractivity contribution in [2.75, 3.05) is 0 Å². The predicted octanol–water partition coefficient (Wildman–Crippen LogP) is 4.17. The standard InChI is InChI=1S/C12H22/c1-9(2)11-7-6-8-12(11,5)10(3)4/h10H,6-8H2,1-5H3. The summed E-state index contributed by atoms with van der Waals surface area (Å²) >= 11 is 0. The Morgan fingerprint density at radius 2 is 1.92 bits per heavy atom. The third-order valence-electron chi connectivity index (χ3n) is 3.69. The first-order chi connectivity index (χ1) is 5.48. The van der Waals surface area contributed by atoms with Crippen LogP contribution < -0.4 is 0 Å². The number of rotatable bonds is 1. The molecular weight excluding hydrogens is 144 g/mol. The molecule has 0 N–H and O–H groups in total. The van der Waals surface area contributed by atoms with Crippen LogP contribution in [0.3, 0.4) is 0 Å². The molecule has 1 aliphatic rings. The Hall–Kier alpha value is -0.260. The van der Waals surface area contributed by atoms with Gasteiger partial charge in [-0.15, -0.1) is 0 Å². The Morgan fingerprint density at radius 1 is 1.33 bits per heavy atom.